The van der Waals surface area contributed by atoms with E-state index in [9.17, 15) is 0 Å². The van der Waals surface area contributed by atoms with Gasteiger partial charge in [0.2, 0.25) is 0 Å². The van der Waals surface area contributed by atoms with E-state index in [1.807, 2.05) is 0 Å². The Kier molecular flexibility index (Phi) is 2.51. The number of hydrogen-bond donors (Lipinski definition) is 0. The zero-order valence-electron chi connectivity index (χ0n) is 10.8. The van der Waals surface area contributed by atoms with Gasteiger partial charge in [-0.25, -0.2) is 10.0 Å². The van der Waals surface area contributed by atoms with E-state index < -0.39 is 0 Å². The number of piperidine rings is 1. The maximum Gasteiger partial charge on any atom is 0.0512 e. The van der Waals surface area contributed by atoms with Gasteiger partial charge in [0.15, 0.2) is 0 Å². The first kappa shape index (κ1) is 11.0. The first-order chi connectivity index (χ1) is 7.74. The Morgan fingerprint density at radius 1 is 1.12 bits per heavy atom. The van der Waals surface area contributed by atoms with E-state index in [1.165, 1.54) is 32.5 Å². The fraction of sp³-hybridized carbons (Fsp3) is 1.00. The predicted molar refractivity (Wildman–Crippen MR) is 64.2 cm³/mol. The lowest BCUT2D eigenvalue weighted by molar-refractivity contribution is -0.401. The monoisotopic (exact) mass is 224 g/mol. The minimum atomic E-state index is 0.432. The van der Waals surface area contributed by atoms with Crippen LogP contribution in [0.5, 0.6) is 0 Å². The SMILES string of the molecule is CCN1N2CC3CN1N(CC)C(CC)(C3)C2. The molecule has 4 aliphatic heterocycles. The Morgan fingerprint density at radius 3 is 2.56 bits per heavy atom. The van der Waals surface area contributed by atoms with Crippen LogP contribution in [0.3, 0.4) is 0 Å². The molecule has 0 aromatic heterocycles. The summed E-state index contributed by atoms with van der Waals surface area (Å²) in [6, 6.07) is 0. The van der Waals surface area contributed by atoms with E-state index in [-0.39, 0.29) is 0 Å². The molecule has 4 atom stereocenters. The summed E-state index contributed by atoms with van der Waals surface area (Å²) in [5.41, 5.74) is 0.432. The number of hydrogen-bond acceptors (Lipinski definition) is 4. The molecule has 16 heavy (non-hydrogen) atoms. The molecule has 0 aliphatic carbocycles. The van der Waals surface area contributed by atoms with E-state index in [2.05, 4.69) is 41.0 Å². The third-order valence-electron chi connectivity index (χ3n) is 4.70. The summed E-state index contributed by atoms with van der Waals surface area (Å²) in [6.45, 7) is 12.9. The molecule has 4 rings (SSSR count). The van der Waals surface area contributed by atoms with Crippen molar-refractivity contribution in [3.05, 3.63) is 0 Å². The van der Waals surface area contributed by atoms with Crippen LogP contribution in [0.4, 0.5) is 0 Å². The van der Waals surface area contributed by atoms with Crippen LogP contribution < -0.4 is 0 Å². The van der Waals surface area contributed by atoms with E-state index in [4.69, 9.17) is 0 Å². The maximum atomic E-state index is 2.63. The summed E-state index contributed by atoms with van der Waals surface area (Å²) < 4.78 is 0. The van der Waals surface area contributed by atoms with Crippen LogP contribution in [-0.2, 0) is 0 Å². The van der Waals surface area contributed by atoms with E-state index >= 15 is 0 Å². The van der Waals surface area contributed by atoms with Gasteiger partial charge < -0.3 is 0 Å². The first-order valence-corrected chi connectivity index (χ1v) is 6.81. The predicted octanol–water partition coefficient (Wildman–Crippen LogP) is 1.18. The molecular weight excluding hydrogens is 200 g/mol. The molecule has 0 aromatic carbocycles. The lowest BCUT2D eigenvalue weighted by Gasteiger charge is -2.68. The third-order valence-corrected chi connectivity index (χ3v) is 4.70. The Labute approximate surface area is 98.7 Å². The van der Waals surface area contributed by atoms with Gasteiger partial charge in [0.25, 0.3) is 0 Å². The summed E-state index contributed by atoms with van der Waals surface area (Å²) in [7, 11) is 0. The highest BCUT2D eigenvalue weighted by atomic mass is 16.0. The summed E-state index contributed by atoms with van der Waals surface area (Å²) in [5.74, 6) is 0.888. The lowest BCUT2D eigenvalue weighted by atomic mass is 9.78. The normalized spacial score (nSPS) is 47.8. The number of likely N-dealkylation sites (N-methyl/N-ethyl adjacent to an activating group) is 1. The molecule has 4 bridgehead atoms. The zero-order valence-corrected chi connectivity index (χ0v) is 10.8. The highest BCUT2D eigenvalue weighted by molar-refractivity contribution is 5.02. The summed E-state index contributed by atoms with van der Waals surface area (Å²) >= 11 is 0. The minimum absolute atomic E-state index is 0.432. The van der Waals surface area contributed by atoms with Crippen molar-refractivity contribution in [1.29, 1.82) is 0 Å². The van der Waals surface area contributed by atoms with Crippen LogP contribution in [0.1, 0.15) is 33.6 Å². The highest BCUT2D eigenvalue weighted by Crippen LogP contribution is 2.44. The molecule has 0 saturated carbocycles. The van der Waals surface area contributed by atoms with Crippen molar-refractivity contribution >= 4 is 0 Å². The van der Waals surface area contributed by atoms with E-state index in [0.29, 0.717) is 5.54 Å². The van der Waals surface area contributed by atoms with Gasteiger partial charge in [-0.1, -0.05) is 13.8 Å². The van der Waals surface area contributed by atoms with Gasteiger partial charge in [-0.15, -0.1) is 0 Å². The van der Waals surface area contributed by atoms with E-state index in [0.717, 1.165) is 19.0 Å². The van der Waals surface area contributed by atoms with Crippen molar-refractivity contribution < 1.29 is 0 Å². The quantitative estimate of drug-likeness (QED) is 0.713. The summed E-state index contributed by atoms with van der Waals surface area (Å²) in [4.78, 5) is 0. The van der Waals surface area contributed by atoms with E-state index in [1.54, 1.807) is 0 Å². The molecule has 92 valence electrons. The third kappa shape index (κ3) is 1.24. The molecule has 4 saturated heterocycles. The second kappa shape index (κ2) is 3.67. The Morgan fingerprint density at radius 2 is 1.94 bits per heavy atom. The molecule has 0 N–H and O–H groups in total. The Bertz CT molecular complexity index is 282. The largest absolute Gasteiger partial charge is 0.225 e. The Hall–Kier alpha value is -0.160. The van der Waals surface area contributed by atoms with Gasteiger partial charge in [0, 0.05) is 32.7 Å². The average molecular weight is 224 g/mol. The molecule has 4 heteroatoms. The smallest absolute Gasteiger partial charge is 0.0512 e. The van der Waals surface area contributed by atoms with Gasteiger partial charge in [0.05, 0.1) is 5.54 Å². The summed E-state index contributed by atoms with van der Waals surface area (Å²) in [5, 5.41) is 10.2. The molecule has 0 aromatic rings. The van der Waals surface area contributed by atoms with Gasteiger partial charge >= 0.3 is 0 Å². The second-order valence-electron chi connectivity index (χ2n) is 5.45. The number of hydrazine groups is 3. The fourth-order valence-corrected chi connectivity index (χ4v) is 4.09. The molecule has 4 heterocycles. The van der Waals surface area contributed by atoms with Crippen molar-refractivity contribution in [2.24, 2.45) is 5.92 Å². The van der Waals surface area contributed by atoms with Crippen molar-refractivity contribution in [2.75, 3.05) is 32.7 Å². The van der Waals surface area contributed by atoms with Crippen LogP contribution in [0.2, 0.25) is 0 Å². The molecule has 0 amide bonds. The molecule has 0 radical (unpaired) electrons. The lowest BCUT2D eigenvalue weighted by Crippen LogP contribution is -2.82. The van der Waals surface area contributed by atoms with Crippen molar-refractivity contribution in [1.82, 2.24) is 20.3 Å². The van der Waals surface area contributed by atoms with Crippen molar-refractivity contribution in [3.63, 3.8) is 0 Å². The molecule has 4 aliphatic rings. The standard InChI is InChI=1S/C12H24N4/c1-4-12-7-11-8-13(10-12)15(6-3)16(9-11)14(12)5-2/h11H,4-10H2,1-3H3. The van der Waals surface area contributed by atoms with Crippen LogP contribution >= 0.6 is 0 Å². The molecule has 4 fully saturated rings. The van der Waals surface area contributed by atoms with Gasteiger partial charge in [-0.3, -0.25) is 0 Å². The summed E-state index contributed by atoms with van der Waals surface area (Å²) in [6.07, 6.45) is 2.68. The average Bonchev–Trinajstić information content (AvgIpc) is 2.29. The number of nitrogens with zero attached hydrogens (tertiary/aromatic N) is 4. The van der Waals surface area contributed by atoms with Gasteiger partial charge in [0.1, 0.15) is 0 Å². The minimum Gasteiger partial charge on any atom is -0.225 e. The van der Waals surface area contributed by atoms with Crippen molar-refractivity contribution in [3.8, 4) is 0 Å². The van der Waals surface area contributed by atoms with Crippen LogP contribution in [0.25, 0.3) is 0 Å². The Balaban J connectivity index is 1.95. The maximum absolute atomic E-state index is 2.63. The van der Waals surface area contributed by atoms with Gasteiger partial charge in [-0.2, -0.15) is 10.2 Å². The molecule has 4 unspecified atom stereocenters. The zero-order chi connectivity index (χ0) is 11.3. The van der Waals surface area contributed by atoms with Gasteiger partial charge in [-0.05, 0) is 25.7 Å². The van der Waals surface area contributed by atoms with Crippen LogP contribution in [0.15, 0.2) is 0 Å². The molecule has 0 spiro atoms. The van der Waals surface area contributed by atoms with Crippen LogP contribution in [-0.4, -0.2) is 58.5 Å². The van der Waals surface area contributed by atoms with Crippen molar-refractivity contribution in [2.45, 2.75) is 39.2 Å². The van der Waals surface area contributed by atoms with Crippen LogP contribution in [0, 0.1) is 5.92 Å². The highest BCUT2D eigenvalue weighted by Gasteiger charge is 2.55. The molecular formula is C12H24N4. The number of rotatable bonds is 3. The second-order valence-corrected chi connectivity index (χ2v) is 5.45. The topological polar surface area (TPSA) is 13.0 Å². The molecule has 4 nitrogen and oxygen atoms in total. The fourth-order valence-electron chi connectivity index (χ4n) is 4.09. The first-order valence-electron chi connectivity index (χ1n) is 6.81.